The lowest BCUT2D eigenvalue weighted by molar-refractivity contribution is -0.113. The van der Waals surface area contributed by atoms with Crippen LogP contribution in [0.25, 0.3) is 6.08 Å². The third kappa shape index (κ3) is 4.29. The van der Waals surface area contributed by atoms with E-state index >= 15 is 0 Å². The average molecular weight is 438 g/mol. The van der Waals surface area contributed by atoms with E-state index < -0.39 is 5.91 Å². The molecule has 0 atom stereocenters. The lowest BCUT2D eigenvalue weighted by Crippen LogP contribution is -2.27. The van der Waals surface area contributed by atoms with Crippen molar-refractivity contribution in [2.24, 2.45) is 0 Å². The molecule has 0 N–H and O–H groups in total. The fourth-order valence-electron chi connectivity index (χ4n) is 2.68. The van der Waals surface area contributed by atoms with Crippen LogP contribution in [0.1, 0.15) is 19.4 Å². The zero-order chi connectivity index (χ0) is 20.3. The number of benzene rings is 2. The first-order valence-corrected chi connectivity index (χ1v) is 10.1. The maximum Gasteiger partial charge on any atom is 0.298 e. The lowest BCUT2D eigenvalue weighted by atomic mass is 10.1. The van der Waals surface area contributed by atoms with Crippen molar-refractivity contribution in [1.29, 1.82) is 0 Å². The molecule has 0 aliphatic carbocycles. The molecule has 8 heteroatoms. The Bertz CT molecular complexity index is 961. The van der Waals surface area contributed by atoms with Gasteiger partial charge in [-0.05, 0) is 67.6 Å². The third-order valence-electron chi connectivity index (χ3n) is 3.78. The van der Waals surface area contributed by atoms with Gasteiger partial charge in [-0.1, -0.05) is 29.3 Å². The van der Waals surface area contributed by atoms with Crippen LogP contribution in [0.3, 0.4) is 0 Å². The molecule has 0 radical (unpaired) electrons. The average Bonchev–Trinajstić information content (AvgIpc) is 2.91. The number of rotatable bonds is 6. The smallest absolute Gasteiger partial charge is 0.298 e. The molecule has 5 nitrogen and oxygen atoms in total. The quantitative estimate of drug-likeness (QED) is 0.516. The van der Waals surface area contributed by atoms with Gasteiger partial charge < -0.3 is 9.47 Å². The van der Waals surface area contributed by atoms with E-state index in [9.17, 15) is 9.59 Å². The number of thioether (sulfide) groups is 1. The predicted molar refractivity (Wildman–Crippen MR) is 114 cm³/mol. The van der Waals surface area contributed by atoms with Crippen LogP contribution < -0.4 is 14.4 Å². The lowest BCUT2D eigenvalue weighted by Gasteiger charge is -2.13. The first-order chi connectivity index (χ1) is 13.4. The van der Waals surface area contributed by atoms with Crippen LogP contribution in [-0.4, -0.2) is 24.4 Å². The van der Waals surface area contributed by atoms with Gasteiger partial charge in [0.15, 0.2) is 11.5 Å². The van der Waals surface area contributed by atoms with E-state index in [1.165, 1.54) is 0 Å². The van der Waals surface area contributed by atoms with Crippen LogP contribution >= 0.6 is 35.0 Å². The molecule has 1 heterocycles. The molecular formula is C20H17Cl2NO4S. The molecule has 1 aliphatic heterocycles. The number of amides is 2. The second-order valence-corrected chi connectivity index (χ2v) is 7.53. The van der Waals surface area contributed by atoms with Gasteiger partial charge in [-0.3, -0.25) is 9.59 Å². The molecule has 2 aromatic rings. The van der Waals surface area contributed by atoms with E-state index in [1.54, 1.807) is 42.5 Å². The number of imide groups is 1. The summed E-state index contributed by atoms with van der Waals surface area (Å²) in [5, 5.41) is 0.425. The van der Waals surface area contributed by atoms with Gasteiger partial charge in [0.25, 0.3) is 11.1 Å². The number of halogens is 2. The van der Waals surface area contributed by atoms with E-state index in [2.05, 4.69) is 0 Å². The van der Waals surface area contributed by atoms with Gasteiger partial charge in [0, 0.05) is 5.02 Å². The van der Waals surface area contributed by atoms with E-state index in [0.29, 0.717) is 46.0 Å². The zero-order valence-electron chi connectivity index (χ0n) is 15.2. The van der Waals surface area contributed by atoms with Crippen molar-refractivity contribution < 1.29 is 19.1 Å². The number of hydrogen-bond acceptors (Lipinski definition) is 5. The highest BCUT2D eigenvalue weighted by atomic mass is 35.5. The fourth-order valence-corrected chi connectivity index (χ4v) is 3.98. The molecule has 2 amide bonds. The molecule has 28 heavy (non-hydrogen) atoms. The normalized spacial score (nSPS) is 15.4. The van der Waals surface area contributed by atoms with Crippen LogP contribution in [0.15, 0.2) is 41.3 Å². The van der Waals surface area contributed by atoms with Crippen molar-refractivity contribution in [2.45, 2.75) is 13.8 Å². The SMILES string of the molecule is CCOc1cc(/C=C2/SC(=O)N(c3cccc(Cl)c3)C2=O)cc(Cl)c1OCC. The van der Waals surface area contributed by atoms with Crippen LogP contribution in [0.5, 0.6) is 11.5 Å². The summed E-state index contributed by atoms with van der Waals surface area (Å²) in [6.45, 7) is 4.58. The van der Waals surface area contributed by atoms with Crippen molar-refractivity contribution in [3.8, 4) is 11.5 Å². The number of ether oxygens (including phenoxy) is 2. The van der Waals surface area contributed by atoms with E-state index in [4.69, 9.17) is 32.7 Å². The molecule has 146 valence electrons. The van der Waals surface area contributed by atoms with Crippen molar-refractivity contribution in [3.63, 3.8) is 0 Å². The standard InChI is InChI=1S/C20H17Cl2NO4S/c1-3-26-16-9-12(8-15(22)18(16)27-4-2)10-17-19(24)23(20(25)28-17)14-7-5-6-13(21)11-14/h5-11H,3-4H2,1-2H3/b17-10+. The van der Waals surface area contributed by atoms with Crippen LogP contribution in [-0.2, 0) is 4.79 Å². The molecule has 2 aromatic carbocycles. The van der Waals surface area contributed by atoms with Gasteiger partial charge in [-0.2, -0.15) is 0 Å². The topological polar surface area (TPSA) is 55.8 Å². The summed E-state index contributed by atoms with van der Waals surface area (Å²) in [7, 11) is 0. The minimum Gasteiger partial charge on any atom is -0.490 e. The number of anilines is 1. The van der Waals surface area contributed by atoms with Gasteiger partial charge in [0.05, 0.1) is 28.8 Å². The fraction of sp³-hybridized carbons (Fsp3) is 0.200. The maximum atomic E-state index is 12.8. The second-order valence-electron chi connectivity index (χ2n) is 5.69. The minimum atomic E-state index is -0.416. The van der Waals surface area contributed by atoms with Gasteiger partial charge in [-0.15, -0.1) is 0 Å². The molecule has 0 bridgehead atoms. The van der Waals surface area contributed by atoms with E-state index in [1.807, 2.05) is 13.8 Å². The number of carbonyl (C=O) groups excluding carboxylic acids is 2. The molecule has 1 aliphatic rings. The van der Waals surface area contributed by atoms with E-state index in [-0.39, 0.29) is 10.1 Å². The first kappa shape index (κ1) is 20.6. The highest BCUT2D eigenvalue weighted by Gasteiger charge is 2.36. The van der Waals surface area contributed by atoms with E-state index in [0.717, 1.165) is 16.7 Å². The van der Waals surface area contributed by atoms with Crippen LogP contribution in [0.4, 0.5) is 10.5 Å². The summed E-state index contributed by atoms with van der Waals surface area (Å²) in [5.41, 5.74) is 1.06. The van der Waals surface area contributed by atoms with Crippen LogP contribution in [0.2, 0.25) is 10.0 Å². The highest BCUT2D eigenvalue weighted by molar-refractivity contribution is 8.19. The molecule has 0 unspecified atom stereocenters. The Morgan fingerprint density at radius 2 is 1.82 bits per heavy atom. The van der Waals surface area contributed by atoms with Gasteiger partial charge in [-0.25, -0.2) is 4.90 Å². The Hall–Kier alpha value is -2.15. The Balaban J connectivity index is 1.95. The molecule has 1 saturated heterocycles. The summed E-state index contributed by atoms with van der Waals surface area (Å²) in [6.07, 6.45) is 1.61. The minimum absolute atomic E-state index is 0.285. The number of hydrogen-bond donors (Lipinski definition) is 0. The molecule has 3 rings (SSSR count). The maximum absolute atomic E-state index is 12.8. The number of carbonyl (C=O) groups is 2. The van der Waals surface area contributed by atoms with Crippen LogP contribution in [0, 0.1) is 0 Å². The monoisotopic (exact) mass is 437 g/mol. The summed E-state index contributed by atoms with van der Waals surface area (Å²) < 4.78 is 11.1. The zero-order valence-corrected chi connectivity index (χ0v) is 17.5. The van der Waals surface area contributed by atoms with Gasteiger partial charge in [0.2, 0.25) is 0 Å². The van der Waals surface area contributed by atoms with Gasteiger partial charge in [0.1, 0.15) is 0 Å². The van der Waals surface area contributed by atoms with Crippen molar-refractivity contribution in [2.75, 3.05) is 18.1 Å². The summed E-state index contributed by atoms with van der Waals surface area (Å²) in [5.74, 6) is 0.521. The Kier molecular flexibility index (Phi) is 6.54. The van der Waals surface area contributed by atoms with Crippen molar-refractivity contribution in [3.05, 3.63) is 56.9 Å². The number of nitrogens with zero attached hydrogens (tertiary/aromatic N) is 1. The molecule has 0 saturated carbocycles. The Morgan fingerprint density at radius 3 is 2.50 bits per heavy atom. The highest BCUT2D eigenvalue weighted by Crippen LogP contribution is 2.40. The van der Waals surface area contributed by atoms with Crippen molar-refractivity contribution >= 4 is 57.9 Å². The molecule has 1 fully saturated rings. The Labute approximate surface area is 177 Å². The third-order valence-corrected chi connectivity index (χ3v) is 5.16. The molecule has 0 aromatic heterocycles. The Morgan fingerprint density at radius 1 is 1.07 bits per heavy atom. The summed E-state index contributed by atoms with van der Waals surface area (Å²) in [6, 6.07) is 9.99. The predicted octanol–water partition coefficient (Wildman–Crippen LogP) is 6.03. The largest absolute Gasteiger partial charge is 0.490 e. The molecular weight excluding hydrogens is 421 g/mol. The van der Waals surface area contributed by atoms with Crippen molar-refractivity contribution in [1.82, 2.24) is 0 Å². The summed E-state index contributed by atoms with van der Waals surface area (Å²) >= 11 is 13.2. The molecule has 0 spiro atoms. The second kappa shape index (κ2) is 8.90. The van der Waals surface area contributed by atoms with Gasteiger partial charge >= 0.3 is 0 Å². The first-order valence-electron chi connectivity index (χ1n) is 8.57. The summed E-state index contributed by atoms with van der Waals surface area (Å²) in [4.78, 5) is 26.6.